The van der Waals surface area contributed by atoms with E-state index in [2.05, 4.69) is 5.32 Å². The highest BCUT2D eigenvalue weighted by atomic mass is 32.2. The molecule has 4 rings (SSSR count). The van der Waals surface area contributed by atoms with Gasteiger partial charge in [-0.05, 0) is 49.6 Å². The summed E-state index contributed by atoms with van der Waals surface area (Å²) >= 11 is 0. The summed E-state index contributed by atoms with van der Waals surface area (Å²) in [5.74, 6) is -0.187. The highest BCUT2D eigenvalue weighted by Crippen LogP contribution is 2.37. The Kier molecular flexibility index (Phi) is 5.96. The molecule has 2 aliphatic rings. The number of piperazine rings is 1. The van der Waals surface area contributed by atoms with Crippen molar-refractivity contribution in [2.75, 3.05) is 20.2 Å². The number of hydrogen-bond donors (Lipinski definition) is 1. The molecule has 1 N–H and O–H groups in total. The SMILES string of the molecule is COc1ccc(S(=O)(=O)N2CC(=O)N(C3CC3)[C@@](C)(C(=O)NCc3ccccc3)C2)cc1. The number of nitrogens with zero attached hydrogens (tertiary/aromatic N) is 2. The standard InChI is InChI=1S/C23H27N3O5S/c1-23(22(28)24-14-17-6-4-3-5-7-17)16-25(15-21(27)26(23)18-8-9-18)32(29,30)20-12-10-19(31-2)11-13-20/h3-7,10-13,18H,8-9,14-16H2,1-2H3,(H,24,28)/t23-/m1/s1. The van der Waals surface area contributed by atoms with Gasteiger partial charge in [0.25, 0.3) is 0 Å². The first-order chi connectivity index (χ1) is 15.3. The molecule has 0 radical (unpaired) electrons. The normalized spacial score (nSPS) is 21.9. The van der Waals surface area contributed by atoms with E-state index in [1.54, 1.807) is 24.0 Å². The first-order valence-electron chi connectivity index (χ1n) is 10.5. The minimum absolute atomic E-state index is 0.0270. The van der Waals surface area contributed by atoms with Gasteiger partial charge in [-0.15, -0.1) is 0 Å². The highest BCUT2D eigenvalue weighted by molar-refractivity contribution is 7.89. The molecule has 2 amide bonds. The van der Waals surface area contributed by atoms with Crippen LogP contribution in [0.1, 0.15) is 25.3 Å². The van der Waals surface area contributed by atoms with Crippen LogP contribution in [0.4, 0.5) is 0 Å². The lowest BCUT2D eigenvalue weighted by Crippen LogP contribution is -2.70. The van der Waals surface area contributed by atoms with Gasteiger partial charge in [-0.25, -0.2) is 8.42 Å². The van der Waals surface area contributed by atoms with E-state index in [9.17, 15) is 18.0 Å². The number of rotatable bonds is 7. The molecule has 2 aromatic rings. The fourth-order valence-corrected chi connectivity index (χ4v) is 5.61. The lowest BCUT2D eigenvalue weighted by atomic mass is 9.95. The van der Waals surface area contributed by atoms with Crippen LogP contribution in [-0.4, -0.2) is 61.2 Å². The van der Waals surface area contributed by atoms with E-state index in [1.165, 1.54) is 19.2 Å². The first-order valence-corrected chi connectivity index (χ1v) is 12.0. The largest absolute Gasteiger partial charge is 0.497 e. The van der Waals surface area contributed by atoms with Gasteiger partial charge in [-0.3, -0.25) is 9.59 Å². The van der Waals surface area contributed by atoms with E-state index in [0.29, 0.717) is 12.3 Å². The Morgan fingerprint density at radius 1 is 1.12 bits per heavy atom. The van der Waals surface area contributed by atoms with Gasteiger partial charge in [0.1, 0.15) is 11.3 Å². The van der Waals surface area contributed by atoms with Gasteiger partial charge in [-0.1, -0.05) is 30.3 Å². The Balaban J connectivity index is 1.60. The summed E-state index contributed by atoms with van der Waals surface area (Å²) in [6.07, 6.45) is 1.64. The molecule has 1 atom stereocenters. The van der Waals surface area contributed by atoms with Crippen molar-refractivity contribution in [1.29, 1.82) is 0 Å². The molecule has 170 valence electrons. The van der Waals surface area contributed by atoms with Crippen molar-refractivity contribution in [1.82, 2.24) is 14.5 Å². The average molecular weight is 458 g/mol. The van der Waals surface area contributed by atoms with E-state index in [-0.39, 0.29) is 35.8 Å². The zero-order chi connectivity index (χ0) is 22.9. The van der Waals surface area contributed by atoms with E-state index in [1.807, 2.05) is 30.3 Å². The second kappa shape index (κ2) is 8.55. The lowest BCUT2D eigenvalue weighted by molar-refractivity contribution is -0.153. The van der Waals surface area contributed by atoms with Crippen LogP contribution < -0.4 is 10.1 Å². The molecule has 1 aliphatic heterocycles. The summed E-state index contributed by atoms with van der Waals surface area (Å²) in [7, 11) is -2.47. The van der Waals surface area contributed by atoms with E-state index >= 15 is 0 Å². The summed E-state index contributed by atoms with van der Waals surface area (Å²) in [6, 6.07) is 15.4. The average Bonchev–Trinajstić information content (AvgIpc) is 3.62. The number of carbonyl (C=O) groups excluding carboxylic acids is 2. The quantitative estimate of drug-likeness (QED) is 0.684. The molecule has 2 fully saturated rings. The number of nitrogens with one attached hydrogen (secondary N) is 1. The van der Waals surface area contributed by atoms with Gasteiger partial charge in [0, 0.05) is 19.1 Å². The number of carbonyl (C=O) groups is 2. The van der Waals surface area contributed by atoms with Gasteiger partial charge in [0.15, 0.2) is 0 Å². The molecule has 9 heteroatoms. The highest BCUT2D eigenvalue weighted by Gasteiger charge is 2.54. The molecule has 1 saturated carbocycles. The second-order valence-corrected chi connectivity index (χ2v) is 10.3. The number of sulfonamides is 1. The molecule has 0 bridgehead atoms. The third-order valence-corrected chi connectivity index (χ3v) is 7.80. The number of methoxy groups -OCH3 is 1. The smallest absolute Gasteiger partial charge is 0.247 e. The van der Waals surface area contributed by atoms with Crippen LogP contribution in [0.3, 0.4) is 0 Å². The number of ether oxygens (including phenoxy) is 1. The maximum atomic E-state index is 13.3. The van der Waals surface area contributed by atoms with Crippen LogP contribution in [0, 0.1) is 0 Å². The predicted molar refractivity (Wildman–Crippen MR) is 118 cm³/mol. The van der Waals surface area contributed by atoms with E-state index < -0.39 is 15.6 Å². The Labute approximate surface area is 188 Å². The van der Waals surface area contributed by atoms with Crippen molar-refractivity contribution in [3.05, 3.63) is 60.2 Å². The van der Waals surface area contributed by atoms with Gasteiger partial charge < -0.3 is 15.0 Å². The minimum Gasteiger partial charge on any atom is -0.497 e. The monoisotopic (exact) mass is 457 g/mol. The van der Waals surface area contributed by atoms with Crippen molar-refractivity contribution in [3.8, 4) is 5.75 Å². The zero-order valence-corrected chi connectivity index (χ0v) is 19.0. The summed E-state index contributed by atoms with van der Waals surface area (Å²) in [5.41, 5.74) is -0.377. The number of amides is 2. The second-order valence-electron chi connectivity index (χ2n) is 8.39. The maximum absolute atomic E-state index is 13.3. The molecule has 1 aliphatic carbocycles. The van der Waals surface area contributed by atoms with Gasteiger partial charge in [0.2, 0.25) is 21.8 Å². The van der Waals surface area contributed by atoms with E-state index in [4.69, 9.17) is 4.74 Å². The summed E-state index contributed by atoms with van der Waals surface area (Å²) in [4.78, 5) is 28.1. The van der Waals surface area contributed by atoms with Crippen molar-refractivity contribution < 1.29 is 22.7 Å². The van der Waals surface area contributed by atoms with Crippen LogP contribution >= 0.6 is 0 Å². The van der Waals surface area contributed by atoms with Crippen LogP contribution in [0.15, 0.2) is 59.5 Å². The first kappa shape index (κ1) is 22.3. The number of hydrogen-bond acceptors (Lipinski definition) is 5. The van der Waals surface area contributed by atoms with Crippen molar-refractivity contribution >= 4 is 21.8 Å². The maximum Gasteiger partial charge on any atom is 0.247 e. The molecular formula is C23H27N3O5S. The molecule has 1 saturated heterocycles. The molecule has 1 heterocycles. The molecule has 0 spiro atoms. The molecule has 2 aromatic carbocycles. The van der Waals surface area contributed by atoms with Crippen LogP contribution in [0.25, 0.3) is 0 Å². The zero-order valence-electron chi connectivity index (χ0n) is 18.2. The fourth-order valence-electron chi connectivity index (χ4n) is 4.13. The van der Waals surface area contributed by atoms with Crippen LogP contribution in [0.5, 0.6) is 5.75 Å². The van der Waals surface area contributed by atoms with Gasteiger partial charge >= 0.3 is 0 Å². The van der Waals surface area contributed by atoms with Gasteiger partial charge in [-0.2, -0.15) is 4.31 Å². The molecule has 32 heavy (non-hydrogen) atoms. The molecule has 0 aromatic heterocycles. The van der Waals surface area contributed by atoms with E-state index in [0.717, 1.165) is 22.7 Å². The van der Waals surface area contributed by atoms with Crippen LogP contribution in [-0.2, 0) is 26.2 Å². The lowest BCUT2D eigenvalue weighted by Gasteiger charge is -2.47. The summed E-state index contributed by atoms with van der Waals surface area (Å²) in [5, 5.41) is 2.90. The molecule has 0 unspecified atom stereocenters. The Bertz CT molecular complexity index is 1100. The Morgan fingerprint density at radius 2 is 1.78 bits per heavy atom. The summed E-state index contributed by atoms with van der Waals surface area (Å²) < 4.78 is 32.8. The van der Waals surface area contributed by atoms with Crippen molar-refractivity contribution in [2.45, 2.75) is 42.8 Å². The van der Waals surface area contributed by atoms with Crippen LogP contribution in [0.2, 0.25) is 0 Å². The topological polar surface area (TPSA) is 96.0 Å². The van der Waals surface area contributed by atoms with Crippen molar-refractivity contribution in [3.63, 3.8) is 0 Å². The van der Waals surface area contributed by atoms with Crippen molar-refractivity contribution in [2.24, 2.45) is 0 Å². The molecular weight excluding hydrogens is 430 g/mol. The third kappa shape index (κ3) is 4.22. The Morgan fingerprint density at radius 3 is 2.38 bits per heavy atom. The molecule has 8 nitrogen and oxygen atoms in total. The van der Waals surface area contributed by atoms with Gasteiger partial charge in [0.05, 0.1) is 18.6 Å². The number of benzene rings is 2. The third-order valence-electron chi connectivity index (χ3n) is 5.99. The summed E-state index contributed by atoms with van der Waals surface area (Å²) in [6.45, 7) is 1.56. The predicted octanol–water partition coefficient (Wildman–Crippen LogP) is 1.77. The Hall–Kier alpha value is -2.91. The minimum atomic E-state index is -3.97. The fraction of sp³-hybridized carbons (Fsp3) is 0.391.